The average Bonchev–Trinajstić information content (AvgIpc) is 2.88. The maximum Gasteiger partial charge on any atom is 0.267 e. The van der Waals surface area contributed by atoms with Crippen molar-refractivity contribution in [2.45, 2.75) is 0 Å². The van der Waals surface area contributed by atoms with Gasteiger partial charge < -0.3 is 5.11 Å². The lowest BCUT2D eigenvalue weighted by atomic mass is 10.2. The zero-order chi connectivity index (χ0) is 17.8. The van der Waals surface area contributed by atoms with Gasteiger partial charge in [-0.1, -0.05) is 29.8 Å². The van der Waals surface area contributed by atoms with E-state index in [4.69, 9.17) is 11.6 Å². The minimum Gasteiger partial charge on any atom is -0.508 e. The van der Waals surface area contributed by atoms with Crippen LogP contribution < -0.4 is 0 Å². The van der Waals surface area contributed by atoms with E-state index in [0.29, 0.717) is 27.3 Å². The normalized spacial score (nSPS) is 17.5. The molecule has 1 aliphatic rings. The molecule has 4 nitrogen and oxygen atoms in total. The Labute approximate surface area is 155 Å². The summed E-state index contributed by atoms with van der Waals surface area (Å²) in [4.78, 5) is 19.3. The number of amides is 1. The summed E-state index contributed by atoms with van der Waals surface area (Å²) >= 11 is 7.21. The molecule has 0 unspecified atom stereocenters. The number of hydrogen-bond acceptors (Lipinski definition) is 4. The number of benzene rings is 2. The summed E-state index contributed by atoms with van der Waals surface area (Å²) in [6.07, 6.45) is 3.48. The fraction of sp³-hybridized carbons (Fsp3) is 0.0526. The maximum absolute atomic E-state index is 12.7. The van der Waals surface area contributed by atoms with Crippen molar-refractivity contribution in [3.8, 4) is 5.75 Å². The van der Waals surface area contributed by atoms with Crippen molar-refractivity contribution in [2.24, 2.45) is 4.99 Å². The van der Waals surface area contributed by atoms with Crippen LogP contribution in [0.2, 0.25) is 5.02 Å². The molecular formula is C19H15ClN2O2S. The van der Waals surface area contributed by atoms with Crippen LogP contribution in [0.15, 0.2) is 71.1 Å². The molecule has 126 valence electrons. The molecule has 6 heteroatoms. The van der Waals surface area contributed by atoms with Gasteiger partial charge in [0.1, 0.15) is 5.75 Å². The number of aliphatic imine (C=N–C) groups is 1. The van der Waals surface area contributed by atoms with Crippen molar-refractivity contribution in [3.05, 3.63) is 76.7 Å². The lowest BCUT2D eigenvalue weighted by Crippen LogP contribution is -2.29. The number of nitrogens with zero attached hydrogens (tertiary/aromatic N) is 2. The fourth-order valence-corrected chi connectivity index (χ4v) is 3.36. The molecule has 2 aromatic carbocycles. The predicted octanol–water partition coefficient (Wildman–Crippen LogP) is 4.84. The van der Waals surface area contributed by atoms with Crippen LogP contribution in [0.25, 0.3) is 6.08 Å². The zero-order valence-electron chi connectivity index (χ0n) is 13.2. The van der Waals surface area contributed by atoms with E-state index in [1.807, 2.05) is 18.2 Å². The smallest absolute Gasteiger partial charge is 0.267 e. The van der Waals surface area contributed by atoms with Gasteiger partial charge in [0.05, 0.1) is 10.6 Å². The SMILES string of the molecule is C=CCN1C(=O)C(=Cc2ccc(Cl)cc2)SC1=Nc1ccc(O)cc1. The van der Waals surface area contributed by atoms with Gasteiger partial charge in [0.25, 0.3) is 5.91 Å². The summed E-state index contributed by atoms with van der Waals surface area (Å²) in [6.45, 7) is 4.08. The minimum absolute atomic E-state index is 0.114. The van der Waals surface area contributed by atoms with Crippen molar-refractivity contribution < 1.29 is 9.90 Å². The lowest BCUT2D eigenvalue weighted by Gasteiger charge is -2.12. The highest BCUT2D eigenvalue weighted by Crippen LogP contribution is 2.34. The quantitative estimate of drug-likeness (QED) is 0.619. The second-order valence-electron chi connectivity index (χ2n) is 5.28. The number of hydrogen-bond donors (Lipinski definition) is 1. The van der Waals surface area contributed by atoms with Crippen molar-refractivity contribution in [2.75, 3.05) is 6.54 Å². The first kappa shape index (κ1) is 17.3. The molecule has 0 atom stereocenters. The molecule has 1 N–H and O–H groups in total. The standard InChI is InChI=1S/C19H15ClN2O2S/c1-2-11-22-18(24)17(12-13-3-5-14(20)6-4-13)25-19(22)21-15-7-9-16(23)10-8-15/h2-10,12,23H,1,11H2. The van der Waals surface area contributed by atoms with Gasteiger partial charge in [0, 0.05) is 11.6 Å². The molecule has 0 aromatic heterocycles. The molecule has 1 fully saturated rings. The first-order valence-corrected chi connectivity index (χ1v) is 8.72. The van der Waals surface area contributed by atoms with Crippen molar-refractivity contribution in [1.29, 1.82) is 0 Å². The third-order valence-electron chi connectivity index (χ3n) is 3.44. The lowest BCUT2D eigenvalue weighted by molar-refractivity contribution is -0.121. The van der Waals surface area contributed by atoms with Crippen molar-refractivity contribution >= 4 is 46.2 Å². The number of thioether (sulfide) groups is 1. The van der Waals surface area contributed by atoms with Crippen LogP contribution >= 0.6 is 23.4 Å². The first-order chi connectivity index (χ1) is 12.1. The van der Waals surface area contributed by atoms with Gasteiger partial charge in [0.15, 0.2) is 5.17 Å². The maximum atomic E-state index is 12.7. The van der Waals surface area contributed by atoms with Crippen LogP contribution in [-0.2, 0) is 4.79 Å². The van der Waals surface area contributed by atoms with Crippen molar-refractivity contribution in [1.82, 2.24) is 4.90 Å². The number of rotatable bonds is 4. The Bertz CT molecular complexity index is 858. The number of amidine groups is 1. The number of aromatic hydroxyl groups is 1. The number of halogens is 1. The summed E-state index contributed by atoms with van der Waals surface area (Å²) in [5, 5.41) is 10.6. The predicted molar refractivity (Wildman–Crippen MR) is 104 cm³/mol. The molecule has 25 heavy (non-hydrogen) atoms. The third-order valence-corrected chi connectivity index (χ3v) is 4.70. The van der Waals surface area contributed by atoms with Gasteiger partial charge in [-0.05, 0) is 59.8 Å². The van der Waals surface area contributed by atoms with Crippen LogP contribution in [0, 0.1) is 0 Å². The molecule has 1 amide bonds. The molecule has 0 bridgehead atoms. The Morgan fingerprint density at radius 2 is 1.84 bits per heavy atom. The summed E-state index contributed by atoms with van der Waals surface area (Å²) in [6, 6.07) is 13.8. The molecule has 0 spiro atoms. The van der Waals surface area contributed by atoms with E-state index in [9.17, 15) is 9.90 Å². The third kappa shape index (κ3) is 4.13. The topological polar surface area (TPSA) is 52.9 Å². The Kier molecular flexibility index (Phi) is 5.26. The van der Waals surface area contributed by atoms with Crippen molar-refractivity contribution in [3.63, 3.8) is 0 Å². The minimum atomic E-state index is -0.114. The summed E-state index contributed by atoms with van der Waals surface area (Å²) in [7, 11) is 0. The van der Waals surface area contributed by atoms with E-state index in [1.165, 1.54) is 11.8 Å². The average molecular weight is 371 g/mol. The molecule has 0 saturated carbocycles. The second kappa shape index (κ2) is 7.59. The molecule has 2 aromatic rings. The van der Waals surface area contributed by atoms with E-state index < -0.39 is 0 Å². The number of phenols is 1. The molecular weight excluding hydrogens is 356 g/mol. The first-order valence-electron chi connectivity index (χ1n) is 7.52. The molecule has 0 radical (unpaired) electrons. The van der Waals surface area contributed by atoms with Gasteiger partial charge in [-0.3, -0.25) is 9.69 Å². The molecule has 0 aliphatic carbocycles. The number of phenolic OH excluding ortho intramolecular Hbond substituents is 1. The van der Waals surface area contributed by atoms with Crippen LogP contribution in [0.4, 0.5) is 5.69 Å². The van der Waals surface area contributed by atoms with Gasteiger partial charge in [-0.15, -0.1) is 6.58 Å². The Morgan fingerprint density at radius 3 is 2.48 bits per heavy atom. The van der Waals surface area contributed by atoms with Crippen LogP contribution in [0.1, 0.15) is 5.56 Å². The van der Waals surface area contributed by atoms with Gasteiger partial charge >= 0.3 is 0 Å². The van der Waals surface area contributed by atoms with Crippen LogP contribution in [0.3, 0.4) is 0 Å². The Balaban J connectivity index is 1.93. The van der Waals surface area contributed by atoms with Crippen LogP contribution in [-0.4, -0.2) is 27.6 Å². The Morgan fingerprint density at radius 1 is 1.16 bits per heavy atom. The van der Waals surface area contributed by atoms with E-state index in [2.05, 4.69) is 11.6 Å². The zero-order valence-corrected chi connectivity index (χ0v) is 14.8. The second-order valence-corrected chi connectivity index (χ2v) is 6.72. The highest BCUT2D eigenvalue weighted by atomic mass is 35.5. The highest BCUT2D eigenvalue weighted by molar-refractivity contribution is 8.18. The monoisotopic (exact) mass is 370 g/mol. The molecule has 1 saturated heterocycles. The van der Waals surface area contributed by atoms with E-state index in [1.54, 1.807) is 47.4 Å². The fourth-order valence-electron chi connectivity index (χ4n) is 2.23. The highest BCUT2D eigenvalue weighted by Gasteiger charge is 2.32. The van der Waals surface area contributed by atoms with Gasteiger partial charge in [-0.25, -0.2) is 4.99 Å². The van der Waals surface area contributed by atoms with E-state index in [-0.39, 0.29) is 11.7 Å². The largest absolute Gasteiger partial charge is 0.508 e. The van der Waals surface area contributed by atoms with Gasteiger partial charge in [0.2, 0.25) is 0 Å². The molecule has 1 aliphatic heterocycles. The molecule has 3 rings (SSSR count). The summed E-state index contributed by atoms with van der Waals surface area (Å²) in [5.74, 6) is 0.0581. The number of carbonyl (C=O) groups excluding carboxylic acids is 1. The van der Waals surface area contributed by atoms with Gasteiger partial charge in [-0.2, -0.15) is 0 Å². The Hall–Kier alpha value is -2.50. The van der Waals surface area contributed by atoms with E-state index in [0.717, 1.165) is 5.56 Å². The van der Waals surface area contributed by atoms with E-state index >= 15 is 0 Å². The summed E-state index contributed by atoms with van der Waals surface area (Å²) in [5.41, 5.74) is 1.56. The number of carbonyl (C=O) groups is 1. The summed E-state index contributed by atoms with van der Waals surface area (Å²) < 4.78 is 0. The molecule has 1 heterocycles. The van der Waals surface area contributed by atoms with Crippen LogP contribution in [0.5, 0.6) is 5.75 Å².